The first-order valence-corrected chi connectivity index (χ1v) is 11.3. The third kappa shape index (κ3) is 7.03. The van der Waals surface area contributed by atoms with Crippen LogP contribution in [0.5, 0.6) is 5.75 Å². The predicted octanol–water partition coefficient (Wildman–Crippen LogP) is 3.90. The number of anilines is 1. The molecule has 3 N–H and O–H groups in total. The first-order chi connectivity index (χ1) is 15.6. The van der Waals surface area contributed by atoms with E-state index in [-0.39, 0.29) is 23.0 Å². The summed E-state index contributed by atoms with van der Waals surface area (Å²) >= 11 is 5.29. The third-order valence-corrected chi connectivity index (χ3v) is 5.25. The molecule has 1 fully saturated rings. The van der Waals surface area contributed by atoms with Gasteiger partial charge in [0.25, 0.3) is 11.8 Å². The highest BCUT2D eigenvalue weighted by Gasteiger charge is 2.18. The summed E-state index contributed by atoms with van der Waals surface area (Å²) in [5.74, 6) is 0.151. The molecule has 7 nitrogen and oxygen atoms in total. The van der Waals surface area contributed by atoms with Crippen molar-refractivity contribution in [1.82, 2.24) is 10.6 Å². The van der Waals surface area contributed by atoms with E-state index >= 15 is 0 Å². The van der Waals surface area contributed by atoms with Gasteiger partial charge in [0.15, 0.2) is 5.11 Å². The maximum atomic E-state index is 12.6. The van der Waals surface area contributed by atoms with Crippen LogP contribution in [-0.2, 0) is 4.74 Å². The number of thiocarbonyl (C=S) groups is 1. The number of rotatable bonds is 9. The molecule has 0 saturated carbocycles. The van der Waals surface area contributed by atoms with Crippen LogP contribution in [0.4, 0.5) is 5.69 Å². The molecule has 3 rings (SSSR count). The van der Waals surface area contributed by atoms with Gasteiger partial charge in [0.05, 0.1) is 24.0 Å². The second-order valence-electron chi connectivity index (χ2n) is 7.53. The van der Waals surface area contributed by atoms with Gasteiger partial charge in [-0.1, -0.05) is 25.5 Å². The Labute approximate surface area is 193 Å². The normalized spacial score (nSPS) is 15.1. The van der Waals surface area contributed by atoms with Gasteiger partial charge in [0, 0.05) is 18.7 Å². The molecule has 1 aliphatic rings. The van der Waals surface area contributed by atoms with Gasteiger partial charge in [-0.05, 0) is 67.9 Å². The Balaban J connectivity index is 1.54. The van der Waals surface area contributed by atoms with E-state index in [1.54, 1.807) is 48.5 Å². The van der Waals surface area contributed by atoms with Crippen LogP contribution in [0.25, 0.3) is 0 Å². The smallest absolute Gasteiger partial charge is 0.257 e. The lowest BCUT2D eigenvalue weighted by Crippen LogP contribution is -2.35. The van der Waals surface area contributed by atoms with Crippen LogP contribution in [0.2, 0.25) is 0 Å². The minimum Gasteiger partial charge on any atom is -0.494 e. The molecule has 1 heterocycles. The molecule has 2 amide bonds. The van der Waals surface area contributed by atoms with Crippen LogP contribution in [0.1, 0.15) is 53.3 Å². The molecule has 32 heavy (non-hydrogen) atoms. The first-order valence-electron chi connectivity index (χ1n) is 10.9. The lowest BCUT2D eigenvalue weighted by molar-refractivity contribution is 0.0858. The average molecular weight is 456 g/mol. The molecule has 0 spiro atoms. The number of carbonyl (C=O) groups is 2. The molecule has 1 saturated heterocycles. The van der Waals surface area contributed by atoms with Crippen molar-refractivity contribution < 1.29 is 19.1 Å². The fourth-order valence-corrected chi connectivity index (χ4v) is 3.47. The molecule has 8 heteroatoms. The van der Waals surface area contributed by atoms with E-state index < -0.39 is 0 Å². The van der Waals surface area contributed by atoms with Gasteiger partial charge < -0.3 is 20.1 Å². The van der Waals surface area contributed by atoms with Gasteiger partial charge in [0.2, 0.25) is 0 Å². The maximum Gasteiger partial charge on any atom is 0.257 e. The van der Waals surface area contributed by atoms with Crippen LogP contribution in [0.3, 0.4) is 0 Å². The van der Waals surface area contributed by atoms with Crippen LogP contribution in [-0.4, -0.2) is 42.8 Å². The Morgan fingerprint density at radius 2 is 1.91 bits per heavy atom. The fraction of sp³-hybridized carbons (Fsp3) is 0.375. The third-order valence-electron chi connectivity index (χ3n) is 5.04. The number of para-hydroxylation sites is 1. The fourth-order valence-electron chi connectivity index (χ4n) is 3.26. The molecule has 1 atom stereocenters. The molecule has 0 radical (unpaired) electrons. The van der Waals surface area contributed by atoms with Gasteiger partial charge in [-0.3, -0.25) is 14.9 Å². The van der Waals surface area contributed by atoms with E-state index in [4.69, 9.17) is 21.7 Å². The van der Waals surface area contributed by atoms with Gasteiger partial charge in [-0.25, -0.2) is 0 Å². The molecule has 2 aromatic rings. The van der Waals surface area contributed by atoms with E-state index in [2.05, 4.69) is 22.9 Å². The predicted molar refractivity (Wildman–Crippen MR) is 128 cm³/mol. The molecule has 0 aliphatic carbocycles. The van der Waals surface area contributed by atoms with Crippen molar-refractivity contribution in [1.29, 1.82) is 0 Å². The quantitative estimate of drug-likeness (QED) is 0.393. The van der Waals surface area contributed by atoms with Gasteiger partial charge in [0.1, 0.15) is 5.75 Å². The largest absolute Gasteiger partial charge is 0.494 e. The lowest BCUT2D eigenvalue weighted by atomic mass is 10.1. The summed E-state index contributed by atoms with van der Waals surface area (Å²) in [7, 11) is 0. The van der Waals surface area contributed by atoms with Crippen LogP contribution < -0.4 is 20.7 Å². The number of ether oxygens (including phenoxy) is 2. The van der Waals surface area contributed by atoms with E-state index in [1.807, 2.05) is 0 Å². The highest BCUT2D eigenvalue weighted by atomic mass is 32.1. The minimum absolute atomic E-state index is 0.0582. The van der Waals surface area contributed by atoms with Crippen LogP contribution in [0.15, 0.2) is 48.5 Å². The second kappa shape index (κ2) is 12.2. The van der Waals surface area contributed by atoms with E-state index in [9.17, 15) is 9.59 Å². The number of benzene rings is 2. The Bertz CT molecular complexity index is 927. The SMILES string of the molecule is CCCCOc1ccc(C(=O)NC(=S)Nc2ccccc2C(=O)NCC2CCCO2)cc1. The number of unbranched alkanes of at least 4 members (excludes halogenated alkanes) is 1. The standard InChI is InChI=1S/C24H29N3O4S/c1-2-3-14-30-18-12-10-17(11-13-18)22(28)27-24(32)26-21-9-5-4-8-20(21)23(29)25-16-19-7-6-15-31-19/h4-5,8-13,19H,2-3,6-7,14-16H2,1H3,(H,25,29)(H2,26,27,28,32). The van der Waals surface area contributed by atoms with Crippen molar-refractivity contribution >= 4 is 34.8 Å². The summed E-state index contributed by atoms with van der Waals surface area (Å²) in [6.07, 6.45) is 4.06. The van der Waals surface area contributed by atoms with Crippen molar-refractivity contribution in [3.05, 3.63) is 59.7 Å². The van der Waals surface area contributed by atoms with Gasteiger partial charge in [-0.2, -0.15) is 0 Å². The van der Waals surface area contributed by atoms with Crippen LogP contribution in [0, 0.1) is 0 Å². The van der Waals surface area contributed by atoms with Gasteiger partial charge in [-0.15, -0.1) is 0 Å². The summed E-state index contributed by atoms with van der Waals surface area (Å²) in [5, 5.41) is 8.60. The summed E-state index contributed by atoms with van der Waals surface area (Å²) in [4.78, 5) is 25.1. The second-order valence-corrected chi connectivity index (χ2v) is 7.93. The Kier molecular flexibility index (Phi) is 9.01. The summed E-state index contributed by atoms with van der Waals surface area (Å²) < 4.78 is 11.2. The number of nitrogens with one attached hydrogen (secondary N) is 3. The lowest BCUT2D eigenvalue weighted by Gasteiger charge is -2.15. The zero-order chi connectivity index (χ0) is 22.8. The van der Waals surface area contributed by atoms with Crippen molar-refractivity contribution in [2.75, 3.05) is 25.1 Å². The molecule has 0 bridgehead atoms. The molecule has 1 aliphatic heterocycles. The molecule has 170 valence electrons. The number of hydrogen-bond donors (Lipinski definition) is 3. The Hall–Kier alpha value is -2.97. The molecule has 1 unspecified atom stereocenters. The minimum atomic E-state index is -0.345. The zero-order valence-electron chi connectivity index (χ0n) is 18.2. The zero-order valence-corrected chi connectivity index (χ0v) is 19.0. The van der Waals surface area contributed by atoms with E-state index in [0.717, 1.165) is 38.0 Å². The van der Waals surface area contributed by atoms with Crippen molar-refractivity contribution in [2.45, 2.75) is 38.7 Å². The van der Waals surface area contributed by atoms with Crippen LogP contribution >= 0.6 is 12.2 Å². The monoisotopic (exact) mass is 455 g/mol. The summed E-state index contributed by atoms with van der Waals surface area (Å²) in [6, 6.07) is 13.9. The van der Waals surface area contributed by atoms with Crippen molar-refractivity contribution in [3.8, 4) is 5.75 Å². The molecule has 2 aromatic carbocycles. The Morgan fingerprint density at radius 1 is 1.12 bits per heavy atom. The van der Waals surface area contributed by atoms with Gasteiger partial charge >= 0.3 is 0 Å². The number of hydrogen-bond acceptors (Lipinski definition) is 5. The number of carbonyl (C=O) groups excluding carboxylic acids is 2. The van der Waals surface area contributed by atoms with E-state index in [1.165, 1.54) is 0 Å². The maximum absolute atomic E-state index is 12.6. The summed E-state index contributed by atoms with van der Waals surface area (Å²) in [6.45, 7) is 3.95. The van der Waals surface area contributed by atoms with Crippen molar-refractivity contribution in [3.63, 3.8) is 0 Å². The summed E-state index contributed by atoms with van der Waals surface area (Å²) in [5.41, 5.74) is 1.41. The Morgan fingerprint density at radius 3 is 2.62 bits per heavy atom. The average Bonchev–Trinajstić information content (AvgIpc) is 3.32. The molecular formula is C24H29N3O4S. The first kappa shape index (κ1) is 23.7. The number of amides is 2. The topological polar surface area (TPSA) is 88.7 Å². The molecule has 0 aromatic heterocycles. The van der Waals surface area contributed by atoms with Crippen molar-refractivity contribution in [2.24, 2.45) is 0 Å². The molecular weight excluding hydrogens is 426 g/mol. The van der Waals surface area contributed by atoms with E-state index in [0.29, 0.717) is 30.0 Å². The highest BCUT2D eigenvalue weighted by molar-refractivity contribution is 7.80. The highest BCUT2D eigenvalue weighted by Crippen LogP contribution is 2.17.